The van der Waals surface area contributed by atoms with E-state index in [1.165, 1.54) is 11.8 Å². The van der Waals surface area contributed by atoms with Crippen molar-refractivity contribution in [2.24, 2.45) is 5.73 Å². The number of aromatic nitrogens is 2. The predicted octanol–water partition coefficient (Wildman–Crippen LogP) is 2.11. The minimum absolute atomic E-state index is 0.0983. The van der Waals surface area contributed by atoms with E-state index in [1.807, 2.05) is 6.92 Å². The molecule has 1 heterocycles. The average molecular weight is 307 g/mol. The Kier molecular flexibility index (Phi) is 3.53. The van der Waals surface area contributed by atoms with E-state index in [-0.39, 0.29) is 11.8 Å². The third-order valence-corrected chi connectivity index (χ3v) is 4.89. The van der Waals surface area contributed by atoms with Crippen molar-refractivity contribution in [2.75, 3.05) is 12.0 Å². The smallest absolute Gasteiger partial charge is 0.147 e. The molecule has 1 aliphatic carbocycles. The van der Waals surface area contributed by atoms with E-state index in [0.717, 1.165) is 29.7 Å². The summed E-state index contributed by atoms with van der Waals surface area (Å²) in [4.78, 5) is 4.68. The van der Waals surface area contributed by atoms with E-state index in [9.17, 15) is 8.42 Å². The molecular formula is C15H21N3O2S. The van der Waals surface area contributed by atoms with E-state index in [1.54, 1.807) is 0 Å². The monoisotopic (exact) mass is 307 g/mol. The molecule has 2 aromatic rings. The average Bonchev–Trinajstić information content (AvgIpc) is 3.16. The first-order valence-corrected chi connectivity index (χ1v) is 9.33. The second-order valence-corrected chi connectivity index (χ2v) is 8.35. The lowest BCUT2D eigenvalue weighted by Gasteiger charge is -2.13. The molecule has 1 aromatic heterocycles. The number of hydrogen-bond acceptors (Lipinski definition) is 4. The maximum atomic E-state index is 11.3. The molecule has 5 nitrogen and oxygen atoms in total. The normalized spacial score (nSPS) is 17.3. The van der Waals surface area contributed by atoms with Gasteiger partial charge in [-0.2, -0.15) is 0 Å². The number of aryl methyl sites for hydroxylation is 1. The summed E-state index contributed by atoms with van der Waals surface area (Å²) in [6.07, 6.45) is 3.94. The van der Waals surface area contributed by atoms with Crippen molar-refractivity contribution in [2.45, 2.75) is 38.3 Å². The number of nitrogens with two attached hydrogens (primary N) is 1. The minimum atomic E-state index is -3.00. The molecule has 114 valence electrons. The molecule has 1 saturated carbocycles. The molecule has 2 N–H and O–H groups in total. The highest BCUT2D eigenvalue weighted by Crippen LogP contribution is 2.40. The molecule has 3 rings (SSSR count). The number of benzene rings is 1. The second kappa shape index (κ2) is 5.10. The fraction of sp³-hybridized carbons (Fsp3) is 0.533. The summed E-state index contributed by atoms with van der Waals surface area (Å²) in [6.45, 7) is 2.04. The van der Waals surface area contributed by atoms with Crippen molar-refractivity contribution >= 4 is 20.9 Å². The van der Waals surface area contributed by atoms with Crippen molar-refractivity contribution in [3.05, 3.63) is 29.6 Å². The topological polar surface area (TPSA) is 78.0 Å². The first-order chi connectivity index (χ1) is 9.85. The fourth-order valence-corrected chi connectivity index (χ4v) is 3.36. The van der Waals surface area contributed by atoms with Crippen molar-refractivity contribution < 1.29 is 8.42 Å². The highest BCUT2D eigenvalue weighted by atomic mass is 32.2. The van der Waals surface area contributed by atoms with Crippen LogP contribution >= 0.6 is 0 Å². The lowest BCUT2D eigenvalue weighted by atomic mass is 10.2. The molecule has 1 fully saturated rings. The summed E-state index contributed by atoms with van der Waals surface area (Å²) in [5, 5.41) is 0. The van der Waals surface area contributed by atoms with Crippen molar-refractivity contribution in [1.82, 2.24) is 9.55 Å². The number of fused-ring (bicyclic) bond motifs is 1. The van der Waals surface area contributed by atoms with Gasteiger partial charge in [0.25, 0.3) is 0 Å². The molecule has 1 unspecified atom stereocenters. The summed E-state index contributed by atoms with van der Waals surface area (Å²) in [6, 6.07) is 6.35. The molecule has 0 aliphatic heterocycles. The van der Waals surface area contributed by atoms with Crippen LogP contribution in [0.2, 0.25) is 0 Å². The van der Waals surface area contributed by atoms with Gasteiger partial charge in [-0.3, -0.25) is 0 Å². The van der Waals surface area contributed by atoms with Crippen molar-refractivity contribution in [1.29, 1.82) is 0 Å². The Morgan fingerprint density at radius 2 is 2.14 bits per heavy atom. The van der Waals surface area contributed by atoms with E-state index in [2.05, 4.69) is 27.8 Å². The molecule has 0 radical (unpaired) electrons. The number of sulfone groups is 1. The largest absolute Gasteiger partial charge is 0.324 e. The summed E-state index contributed by atoms with van der Waals surface area (Å²) < 4.78 is 24.9. The highest BCUT2D eigenvalue weighted by Gasteiger charge is 2.30. The molecule has 1 atom stereocenters. The van der Waals surface area contributed by atoms with Crippen LogP contribution in [0.3, 0.4) is 0 Å². The van der Waals surface area contributed by atoms with E-state index in [4.69, 9.17) is 5.73 Å². The first kappa shape index (κ1) is 14.5. The Hall–Kier alpha value is -1.40. The van der Waals surface area contributed by atoms with Crippen molar-refractivity contribution in [3.63, 3.8) is 0 Å². The van der Waals surface area contributed by atoms with Crippen molar-refractivity contribution in [3.8, 4) is 0 Å². The Labute approximate surface area is 125 Å². The lowest BCUT2D eigenvalue weighted by Crippen LogP contribution is -2.19. The second-order valence-electron chi connectivity index (χ2n) is 6.09. The summed E-state index contributed by atoms with van der Waals surface area (Å²) in [5.41, 5.74) is 9.44. The van der Waals surface area contributed by atoms with Gasteiger partial charge in [0, 0.05) is 12.3 Å². The van der Waals surface area contributed by atoms with Crippen LogP contribution in [0.15, 0.2) is 18.2 Å². The third kappa shape index (κ3) is 3.11. The van der Waals surface area contributed by atoms with E-state index < -0.39 is 9.84 Å². The highest BCUT2D eigenvalue weighted by molar-refractivity contribution is 7.90. The van der Waals surface area contributed by atoms with Gasteiger partial charge in [-0.25, -0.2) is 13.4 Å². The van der Waals surface area contributed by atoms with Gasteiger partial charge in [0.05, 0.1) is 22.8 Å². The minimum Gasteiger partial charge on any atom is -0.324 e. The molecule has 0 bridgehead atoms. The molecule has 1 aromatic carbocycles. The summed E-state index contributed by atoms with van der Waals surface area (Å²) in [5.74, 6) is 0.919. The maximum Gasteiger partial charge on any atom is 0.147 e. The first-order valence-electron chi connectivity index (χ1n) is 7.27. The maximum absolute atomic E-state index is 11.3. The quantitative estimate of drug-likeness (QED) is 0.917. The van der Waals surface area contributed by atoms with Gasteiger partial charge in [-0.05, 0) is 43.9 Å². The number of imidazole rings is 1. The van der Waals surface area contributed by atoms with E-state index in [0.29, 0.717) is 12.5 Å². The van der Waals surface area contributed by atoms with E-state index >= 15 is 0 Å². The van der Waals surface area contributed by atoms with Crippen LogP contribution in [-0.4, -0.2) is 30.0 Å². The molecule has 0 saturated heterocycles. The number of rotatable bonds is 5. The summed E-state index contributed by atoms with van der Waals surface area (Å²) >= 11 is 0. The zero-order valence-electron chi connectivity index (χ0n) is 12.4. The zero-order valence-corrected chi connectivity index (χ0v) is 13.2. The van der Waals surface area contributed by atoms with Gasteiger partial charge in [0.2, 0.25) is 0 Å². The number of hydrogen-bond donors (Lipinski definition) is 1. The van der Waals surface area contributed by atoms with Crippen LogP contribution in [0.4, 0.5) is 0 Å². The van der Waals surface area contributed by atoms with Crippen LogP contribution in [0.25, 0.3) is 11.0 Å². The fourth-order valence-electron chi connectivity index (χ4n) is 2.68. The van der Waals surface area contributed by atoms with Crippen LogP contribution < -0.4 is 5.73 Å². The predicted molar refractivity (Wildman–Crippen MR) is 84.0 cm³/mol. The van der Waals surface area contributed by atoms with Crippen LogP contribution in [-0.2, 0) is 9.84 Å². The number of nitrogens with zero attached hydrogens (tertiary/aromatic N) is 2. The lowest BCUT2D eigenvalue weighted by molar-refractivity contribution is 0.570. The third-order valence-electron chi connectivity index (χ3n) is 3.92. The van der Waals surface area contributed by atoms with Gasteiger partial charge in [-0.1, -0.05) is 6.07 Å². The molecule has 0 amide bonds. The van der Waals surface area contributed by atoms with Crippen LogP contribution in [0, 0.1) is 6.92 Å². The molecule has 6 heteroatoms. The van der Waals surface area contributed by atoms with Gasteiger partial charge < -0.3 is 10.3 Å². The zero-order chi connectivity index (χ0) is 15.2. The van der Waals surface area contributed by atoms with Gasteiger partial charge in [-0.15, -0.1) is 0 Å². The Morgan fingerprint density at radius 3 is 2.76 bits per heavy atom. The Balaban J connectivity index is 1.98. The van der Waals surface area contributed by atoms with Gasteiger partial charge in [0.15, 0.2) is 0 Å². The molecule has 1 aliphatic rings. The summed E-state index contributed by atoms with van der Waals surface area (Å²) in [7, 11) is -3.00. The van der Waals surface area contributed by atoms with Gasteiger partial charge >= 0.3 is 0 Å². The Bertz CT molecular complexity index is 776. The molecular weight excluding hydrogens is 286 g/mol. The standard InChI is InChI=1S/C15H21N3O2S/c1-10-3-6-14-13(9-10)17-15(18(14)11-4-5-11)12(16)7-8-21(2,19)20/h3,6,9,11-12H,4-5,7-8,16H2,1-2H3. The van der Waals surface area contributed by atoms with Crippen LogP contribution in [0.5, 0.6) is 0 Å². The Morgan fingerprint density at radius 1 is 1.43 bits per heavy atom. The SMILES string of the molecule is Cc1ccc2c(c1)nc(C(N)CCS(C)(=O)=O)n2C1CC1. The molecule has 0 spiro atoms. The van der Waals surface area contributed by atoms with Gasteiger partial charge in [0.1, 0.15) is 15.7 Å². The molecule has 21 heavy (non-hydrogen) atoms. The van der Waals surface area contributed by atoms with Crippen LogP contribution in [0.1, 0.15) is 42.7 Å².